The molecule has 2 unspecified atom stereocenters. The molecule has 0 radical (unpaired) electrons. The lowest BCUT2D eigenvalue weighted by molar-refractivity contribution is -0.189. The van der Waals surface area contributed by atoms with Crippen LogP contribution in [0.25, 0.3) is 0 Å². The highest BCUT2D eigenvalue weighted by Crippen LogP contribution is 2.36. The Morgan fingerprint density at radius 1 is 0.769 bits per heavy atom. The molecule has 0 spiro atoms. The Labute approximate surface area is 243 Å². The molecule has 2 aliphatic heterocycles. The average molecular weight is 583 g/mol. The van der Waals surface area contributed by atoms with Crippen molar-refractivity contribution >= 4 is 16.6 Å². The van der Waals surface area contributed by atoms with E-state index in [1.807, 2.05) is 0 Å². The first-order chi connectivity index (χ1) is 19.0. The minimum absolute atomic E-state index is 0.0550. The molecule has 3 aliphatic rings. The van der Waals surface area contributed by atoms with E-state index in [0.717, 1.165) is 32.5 Å². The lowest BCUT2D eigenvalue weighted by Gasteiger charge is -2.35. The highest BCUT2D eigenvalue weighted by molar-refractivity contribution is 6.74. The highest BCUT2D eigenvalue weighted by Gasteiger charge is 2.42. The van der Waals surface area contributed by atoms with Gasteiger partial charge < -0.3 is 23.1 Å². The first-order valence-electron chi connectivity index (χ1n) is 16.9. The van der Waals surface area contributed by atoms with Crippen molar-refractivity contribution in [3.8, 4) is 0 Å². The second kappa shape index (κ2) is 17.2. The van der Waals surface area contributed by atoms with Crippen LogP contribution in [0.4, 0.5) is 0 Å². The molecule has 3 rings (SSSR count). The van der Waals surface area contributed by atoms with Crippen molar-refractivity contribution in [2.75, 3.05) is 19.8 Å². The van der Waals surface area contributed by atoms with Crippen LogP contribution < -0.4 is 0 Å². The van der Waals surface area contributed by atoms with Gasteiger partial charge in [0.1, 0.15) is 0 Å². The van der Waals surface area contributed by atoms with Crippen LogP contribution in [0, 0.1) is 11.8 Å². The predicted octanol–water partition coefficient (Wildman–Crippen LogP) is 8.85. The summed E-state index contributed by atoms with van der Waals surface area (Å²) in [6.45, 7) is 16.3. The normalized spacial score (nSPS) is 28.4. The number of hydrogen-bond donors (Lipinski definition) is 0. The molecule has 0 N–H and O–H groups in total. The molecule has 2 saturated heterocycles. The van der Waals surface area contributed by atoms with E-state index in [-0.39, 0.29) is 24.6 Å². The van der Waals surface area contributed by atoms with Crippen LogP contribution in [-0.2, 0) is 23.1 Å². The fourth-order valence-corrected chi connectivity index (χ4v) is 12.7. The summed E-state index contributed by atoms with van der Waals surface area (Å²) < 4.78 is 33.0. The van der Waals surface area contributed by atoms with Crippen molar-refractivity contribution < 1.29 is 23.1 Å². The van der Waals surface area contributed by atoms with Gasteiger partial charge in [-0.2, -0.15) is 0 Å². The Balaban J connectivity index is 1.75. The maximum atomic E-state index is 7.08. The third-order valence-corrected chi connectivity index (χ3v) is 19.9. The number of hydrogen-bond acceptors (Lipinski definition) is 5. The number of ether oxygens (including phenoxy) is 3. The minimum Gasteiger partial charge on any atom is -0.417 e. The minimum atomic E-state index is -1.73. The SMILES string of the molecule is CC[Si](CC)(CC)OCC[C@H]1[C@@H](O[Si](CC)(CC)CC)CO[C@@H]1C=CC(OC1CCCCO1)C1CCCCC1. The maximum Gasteiger partial charge on any atom is 0.192 e. The van der Waals surface area contributed by atoms with Crippen molar-refractivity contribution in [1.82, 2.24) is 0 Å². The standard InChI is InChI=1S/C32H62O5Si2/c1-7-38(8-2,9-3)35-25-23-28-30(34-26-31(28)37-39(10-4,11-5)12-6)22-21-29(27-18-14-13-15-19-27)36-32-20-16-17-24-33-32/h21-22,27-32H,7-20,23-26H2,1-6H3/t28-,29?,30-,31+,32?/m1/s1. The topological polar surface area (TPSA) is 46.2 Å². The molecular formula is C32H62O5Si2. The molecule has 1 aliphatic carbocycles. The zero-order valence-electron chi connectivity index (χ0n) is 26.4. The molecule has 39 heavy (non-hydrogen) atoms. The number of rotatable bonds is 17. The van der Waals surface area contributed by atoms with E-state index in [1.54, 1.807) is 0 Å². The van der Waals surface area contributed by atoms with E-state index in [1.165, 1.54) is 74.8 Å². The van der Waals surface area contributed by atoms with Gasteiger partial charge in [0, 0.05) is 19.1 Å². The largest absolute Gasteiger partial charge is 0.417 e. The van der Waals surface area contributed by atoms with Crippen LogP contribution in [0.5, 0.6) is 0 Å². The Morgan fingerprint density at radius 3 is 2.00 bits per heavy atom. The Bertz CT molecular complexity index is 668. The van der Waals surface area contributed by atoms with Crippen molar-refractivity contribution in [3.05, 3.63) is 12.2 Å². The zero-order valence-corrected chi connectivity index (χ0v) is 28.4. The van der Waals surface area contributed by atoms with E-state index in [9.17, 15) is 0 Å². The van der Waals surface area contributed by atoms with Gasteiger partial charge in [0.2, 0.25) is 0 Å². The molecule has 0 amide bonds. The van der Waals surface area contributed by atoms with Gasteiger partial charge in [-0.15, -0.1) is 0 Å². The van der Waals surface area contributed by atoms with Gasteiger partial charge in [-0.05, 0) is 80.7 Å². The quantitative estimate of drug-likeness (QED) is 0.127. The molecule has 7 heteroatoms. The first-order valence-corrected chi connectivity index (χ1v) is 21.9. The van der Waals surface area contributed by atoms with Crippen LogP contribution in [0.2, 0.25) is 36.3 Å². The molecule has 5 nitrogen and oxygen atoms in total. The van der Waals surface area contributed by atoms with Gasteiger partial charge in [0.05, 0.1) is 24.9 Å². The summed E-state index contributed by atoms with van der Waals surface area (Å²) in [5.41, 5.74) is 0. The predicted molar refractivity (Wildman–Crippen MR) is 167 cm³/mol. The molecular weight excluding hydrogens is 521 g/mol. The second-order valence-corrected chi connectivity index (χ2v) is 21.9. The lowest BCUT2D eigenvalue weighted by atomic mass is 9.84. The summed E-state index contributed by atoms with van der Waals surface area (Å²) in [6, 6.07) is 7.13. The molecule has 0 aromatic rings. The fourth-order valence-electron chi connectivity index (χ4n) is 7.11. The summed E-state index contributed by atoms with van der Waals surface area (Å²) in [6.07, 6.45) is 15.9. The molecule has 228 valence electrons. The molecule has 1 saturated carbocycles. The molecule has 5 atom stereocenters. The lowest BCUT2D eigenvalue weighted by Crippen LogP contribution is -2.43. The highest BCUT2D eigenvalue weighted by atomic mass is 28.4. The van der Waals surface area contributed by atoms with Gasteiger partial charge in [-0.1, -0.05) is 73.0 Å². The summed E-state index contributed by atoms with van der Waals surface area (Å²) in [5.74, 6) is 0.925. The van der Waals surface area contributed by atoms with Crippen molar-refractivity contribution in [3.63, 3.8) is 0 Å². The average Bonchev–Trinajstić information content (AvgIpc) is 3.38. The van der Waals surface area contributed by atoms with E-state index < -0.39 is 16.6 Å². The Kier molecular flexibility index (Phi) is 14.7. The van der Waals surface area contributed by atoms with Crippen LogP contribution in [0.3, 0.4) is 0 Å². The molecule has 2 heterocycles. The van der Waals surface area contributed by atoms with Gasteiger partial charge in [0.15, 0.2) is 22.9 Å². The smallest absolute Gasteiger partial charge is 0.192 e. The fraction of sp³-hybridized carbons (Fsp3) is 0.938. The first kappa shape index (κ1) is 33.5. The van der Waals surface area contributed by atoms with Gasteiger partial charge in [0.25, 0.3) is 0 Å². The maximum absolute atomic E-state index is 7.08. The van der Waals surface area contributed by atoms with Crippen molar-refractivity contribution in [2.45, 2.75) is 160 Å². The van der Waals surface area contributed by atoms with Crippen molar-refractivity contribution in [2.24, 2.45) is 11.8 Å². The van der Waals surface area contributed by atoms with E-state index in [0.29, 0.717) is 18.4 Å². The van der Waals surface area contributed by atoms with Crippen LogP contribution in [0.15, 0.2) is 12.2 Å². The van der Waals surface area contributed by atoms with Gasteiger partial charge >= 0.3 is 0 Å². The van der Waals surface area contributed by atoms with E-state index in [4.69, 9.17) is 23.1 Å². The summed E-state index contributed by atoms with van der Waals surface area (Å²) in [5, 5.41) is 0. The summed E-state index contributed by atoms with van der Waals surface area (Å²) in [7, 11) is -3.34. The van der Waals surface area contributed by atoms with Gasteiger partial charge in [-0.3, -0.25) is 0 Å². The summed E-state index contributed by atoms with van der Waals surface area (Å²) in [4.78, 5) is 0. The van der Waals surface area contributed by atoms with Crippen LogP contribution >= 0.6 is 0 Å². The van der Waals surface area contributed by atoms with Gasteiger partial charge in [-0.25, -0.2) is 0 Å². The van der Waals surface area contributed by atoms with E-state index in [2.05, 4.69) is 53.7 Å². The third-order valence-electron chi connectivity index (χ3n) is 10.5. The molecule has 0 aromatic heterocycles. The Morgan fingerprint density at radius 2 is 1.41 bits per heavy atom. The second-order valence-electron chi connectivity index (χ2n) is 12.4. The van der Waals surface area contributed by atoms with E-state index >= 15 is 0 Å². The van der Waals surface area contributed by atoms with Crippen LogP contribution in [-0.4, -0.2) is 61.1 Å². The zero-order chi connectivity index (χ0) is 28.1. The van der Waals surface area contributed by atoms with Crippen molar-refractivity contribution in [1.29, 1.82) is 0 Å². The molecule has 3 fully saturated rings. The molecule has 0 aromatic carbocycles. The monoisotopic (exact) mass is 582 g/mol. The van der Waals surface area contributed by atoms with Crippen LogP contribution in [0.1, 0.15) is 99.3 Å². The summed E-state index contributed by atoms with van der Waals surface area (Å²) >= 11 is 0. The Hall–Kier alpha value is -0.0262. The third kappa shape index (κ3) is 9.49. The molecule has 0 bridgehead atoms.